The Bertz CT molecular complexity index is 344. The van der Waals surface area contributed by atoms with Gasteiger partial charge >= 0.3 is 6.18 Å². The first kappa shape index (κ1) is 16.1. The van der Waals surface area contributed by atoms with Gasteiger partial charge in [-0.05, 0) is 59.8 Å². The third kappa shape index (κ3) is 3.67. The molecule has 20 heavy (non-hydrogen) atoms. The average Bonchev–Trinajstić information content (AvgIpc) is 2.46. The second kappa shape index (κ2) is 5.16. The summed E-state index contributed by atoms with van der Waals surface area (Å²) < 4.78 is 44.0. The smallest absolute Gasteiger partial charge is 0.368 e. The van der Waals surface area contributed by atoms with Crippen molar-refractivity contribution < 1.29 is 17.9 Å². The quantitative estimate of drug-likeness (QED) is 0.829. The molecule has 1 saturated heterocycles. The number of hydrogen-bond acceptors (Lipinski definition) is 2. The Morgan fingerprint density at radius 3 is 1.95 bits per heavy atom. The van der Waals surface area contributed by atoms with Gasteiger partial charge < -0.3 is 10.1 Å². The fraction of sp³-hybridized carbons (Fsp3) is 1.00. The Morgan fingerprint density at radius 1 is 1.00 bits per heavy atom. The highest BCUT2D eigenvalue weighted by Crippen LogP contribution is 2.40. The van der Waals surface area contributed by atoms with Crippen molar-refractivity contribution in [3.8, 4) is 0 Å². The summed E-state index contributed by atoms with van der Waals surface area (Å²) in [4.78, 5) is 0. The van der Waals surface area contributed by atoms with Gasteiger partial charge in [-0.3, -0.25) is 0 Å². The third-order valence-electron chi connectivity index (χ3n) is 4.70. The molecule has 2 nitrogen and oxygen atoms in total. The highest BCUT2D eigenvalue weighted by Gasteiger charge is 2.47. The lowest BCUT2D eigenvalue weighted by molar-refractivity contribution is -0.183. The number of hydrogen-bond donors (Lipinski definition) is 1. The van der Waals surface area contributed by atoms with Crippen LogP contribution in [0.2, 0.25) is 0 Å². The van der Waals surface area contributed by atoms with Gasteiger partial charge in [0.05, 0.1) is 17.1 Å². The van der Waals surface area contributed by atoms with Gasteiger partial charge in [-0.2, -0.15) is 13.2 Å². The summed E-state index contributed by atoms with van der Waals surface area (Å²) in [5, 5.41) is 3.54. The normalized spacial score (nSPS) is 37.0. The fourth-order valence-electron chi connectivity index (χ4n) is 3.69. The first-order valence-corrected chi connectivity index (χ1v) is 7.52. The van der Waals surface area contributed by atoms with E-state index in [4.69, 9.17) is 4.74 Å². The fourth-order valence-corrected chi connectivity index (χ4v) is 3.69. The standard InChI is InChI=1S/C15H26F3NO/c1-13(2)9-12(14(3,4)20-13)19-11-7-5-10(6-8-11)15(16,17)18/h10-12,19H,5-9H2,1-4H3. The number of halogens is 3. The molecule has 1 unspecified atom stereocenters. The van der Waals surface area contributed by atoms with Crippen LogP contribution in [0.25, 0.3) is 0 Å². The lowest BCUT2D eigenvalue weighted by atomic mass is 9.84. The molecule has 1 saturated carbocycles. The molecular weight excluding hydrogens is 267 g/mol. The summed E-state index contributed by atoms with van der Waals surface area (Å²) in [6.07, 6.45) is -1.41. The zero-order valence-corrected chi connectivity index (χ0v) is 12.8. The molecule has 1 aliphatic carbocycles. The van der Waals surface area contributed by atoms with Crippen molar-refractivity contribution in [2.24, 2.45) is 5.92 Å². The molecule has 0 spiro atoms. The van der Waals surface area contributed by atoms with Gasteiger partial charge in [0.25, 0.3) is 0 Å². The maximum atomic E-state index is 12.7. The van der Waals surface area contributed by atoms with Gasteiger partial charge in [-0.25, -0.2) is 0 Å². The van der Waals surface area contributed by atoms with Crippen LogP contribution in [0.15, 0.2) is 0 Å². The summed E-state index contributed by atoms with van der Waals surface area (Å²) in [5.41, 5.74) is -0.422. The molecule has 5 heteroatoms. The SMILES string of the molecule is CC1(C)CC(NC2CCC(C(F)(F)F)CC2)C(C)(C)O1. The second-order valence-corrected chi connectivity index (χ2v) is 7.48. The van der Waals surface area contributed by atoms with E-state index < -0.39 is 12.1 Å². The van der Waals surface area contributed by atoms with E-state index in [9.17, 15) is 13.2 Å². The number of ether oxygens (including phenoxy) is 1. The molecule has 0 aromatic carbocycles. The molecule has 0 amide bonds. The summed E-state index contributed by atoms with van der Waals surface area (Å²) in [6.45, 7) is 8.25. The highest BCUT2D eigenvalue weighted by atomic mass is 19.4. The first-order chi connectivity index (χ1) is 9.00. The van der Waals surface area contributed by atoms with E-state index in [1.807, 2.05) is 0 Å². The van der Waals surface area contributed by atoms with Crippen LogP contribution in [0.4, 0.5) is 13.2 Å². The van der Waals surface area contributed by atoms with Crippen molar-refractivity contribution in [2.75, 3.05) is 0 Å². The Kier molecular flexibility index (Phi) is 4.15. The molecule has 2 aliphatic rings. The first-order valence-electron chi connectivity index (χ1n) is 7.52. The predicted molar refractivity (Wildman–Crippen MR) is 72.6 cm³/mol. The van der Waals surface area contributed by atoms with Crippen LogP contribution in [0, 0.1) is 5.92 Å². The van der Waals surface area contributed by atoms with Crippen molar-refractivity contribution in [3.05, 3.63) is 0 Å². The summed E-state index contributed by atoms with van der Waals surface area (Å²) in [5.74, 6) is -1.11. The minimum Gasteiger partial charge on any atom is -0.368 e. The van der Waals surface area contributed by atoms with Crippen molar-refractivity contribution >= 4 is 0 Å². The Labute approximate surface area is 119 Å². The van der Waals surface area contributed by atoms with E-state index in [0.717, 1.165) is 6.42 Å². The van der Waals surface area contributed by atoms with Crippen LogP contribution < -0.4 is 5.32 Å². The second-order valence-electron chi connectivity index (χ2n) is 7.48. The van der Waals surface area contributed by atoms with Crippen LogP contribution in [0.1, 0.15) is 59.8 Å². The zero-order valence-electron chi connectivity index (χ0n) is 12.8. The van der Waals surface area contributed by atoms with E-state index >= 15 is 0 Å². The minimum atomic E-state index is -4.03. The minimum absolute atomic E-state index is 0.162. The molecule has 1 heterocycles. The van der Waals surface area contributed by atoms with Gasteiger partial charge in [0, 0.05) is 12.1 Å². The molecule has 0 bridgehead atoms. The molecular formula is C15H26F3NO. The van der Waals surface area contributed by atoms with Crippen molar-refractivity contribution in [1.29, 1.82) is 0 Å². The molecule has 118 valence electrons. The Balaban J connectivity index is 1.87. The monoisotopic (exact) mass is 293 g/mol. The van der Waals surface area contributed by atoms with Crippen LogP contribution >= 0.6 is 0 Å². The van der Waals surface area contributed by atoms with Crippen LogP contribution in [-0.2, 0) is 4.74 Å². The number of rotatable bonds is 2. The molecule has 0 radical (unpaired) electrons. The summed E-state index contributed by atoms with van der Waals surface area (Å²) in [7, 11) is 0. The molecule has 0 aromatic heterocycles. The van der Waals surface area contributed by atoms with Gasteiger partial charge in [0.15, 0.2) is 0 Å². The third-order valence-corrected chi connectivity index (χ3v) is 4.70. The van der Waals surface area contributed by atoms with E-state index in [1.165, 1.54) is 0 Å². The molecule has 0 aromatic rings. The zero-order chi connectivity index (χ0) is 15.2. The van der Waals surface area contributed by atoms with Crippen LogP contribution in [-0.4, -0.2) is 29.5 Å². The summed E-state index contributed by atoms with van der Waals surface area (Å²) in [6, 6.07) is 0.403. The van der Waals surface area contributed by atoms with E-state index in [2.05, 4.69) is 33.0 Å². The molecule has 1 N–H and O–H groups in total. The lowest BCUT2D eigenvalue weighted by Gasteiger charge is -2.35. The largest absolute Gasteiger partial charge is 0.391 e. The number of alkyl halides is 3. The molecule has 1 aliphatic heterocycles. The van der Waals surface area contributed by atoms with E-state index in [-0.39, 0.29) is 36.1 Å². The molecule has 1 atom stereocenters. The van der Waals surface area contributed by atoms with Gasteiger partial charge in [-0.1, -0.05) is 0 Å². The van der Waals surface area contributed by atoms with Crippen molar-refractivity contribution in [3.63, 3.8) is 0 Å². The van der Waals surface area contributed by atoms with Crippen molar-refractivity contribution in [2.45, 2.75) is 89.3 Å². The predicted octanol–water partition coefficient (Wildman–Crippen LogP) is 4.04. The van der Waals surface area contributed by atoms with Crippen LogP contribution in [0.3, 0.4) is 0 Å². The van der Waals surface area contributed by atoms with E-state index in [1.54, 1.807) is 0 Å². The summed E-state index contributed by atoms with van der Waals surface area (Å²) >= 11 is 0. The highest BCUT2D eigenvalue weighted by molar-refractivity contribution is 5.00. The lowest BCUT2D eigenvalue weighted by Crippen LogP contribution is -2.49. The topological polar surface area (TPSA) is 21.3 Å². The van der Waals surface area contributed by atoms with Gasteiger partial charge in [0.2, 0.25) is 0 Å². The molecule has 2 rings (SSSR count). The maximum Gasteiger partial charge on any atom is 0.391 e. The average molecular weight is 293 g/mol. The Morgan fingerprint density at radius 2 is 1.55 bits per heavy atom. The Hall–Kier alpha value is -0.290. The molecule has 2 fully saturated rings. The van der Waals surface area contributed by atoms with E-state index in [0.29, 0.717) is 12.8 Å². The maximum absolute atomic E-state index is 12.7. The van der Waals surface area contributed by atoms with Gasteiger partial charge in [0.1, 0.15) is 0 Å². The van der Waals surface area contributed by atoms with Crippen LogP contribution in [0.5, 0.6) is 0 Å². The van der Waals surface area contributed by atoms with Crippen molar-refractivity contribution in [1.82, 2.24) is 5.32 Å². The number of nitrogens with one attached hydrogen (secondary N) is 1. The van der Waals surface area contributed by atoms with Gasteiger partial charge in [-0.15, -0.1) is 0 Å².